The fraction of sp³-hybridized carbons (Fsp3) is 0.588. The second kappa shape index (κ2) is 7.26. The minimum atomic E-state index is -0.176. The Morgan fingerprint density at radius 1 is 1.30 bits per heavy atom. The summed E-state index contributed by atoms with van der Waals surface area (Å²) >= 11 is 3.46. The molecule has 1 amide bonds. The molecule has 1 N–H and O–H groups in total. The molecule has 1 aliphatic carbocycles. The normalized spacial score (nSPS) is 17.7. The Kier molecular flexibility index (Phi) is 5.64. The number of carbonyl (C=O) groups excluding carboxylic acids is 1. The van der Waals surface area contributed by atoms with Crippen LogP contribution in [0, 0.1) is 5.41 Å². The number of halogens is 1. The Hall–Kier alpha value is -0.830. The molecule has 1 saturated carbocycles. The lowest BCUT2D eigenvalue weighted by Gasteiger charge is -2.32. The summed E-state index contributed by atoms with van der Waals surface area (Å²) in [6.45, 7) is 2.11. The van der Waals surface area contributed by atoms with Crippen molar-refractivity contribution in [3.63, 3.8) is 0 Å². The van der Waals surface area contributed by atoms with E-state index in [9.17, 15) is 4.79 Å². The Morgan fingerprint density at radius 3 is 2.75 bits per heavy atom. The highest BCUT2D eigenvalue weighted by atomic mass is 79.9. The zero-order valence-corrected chi connectivity index (χ0v) is 13.8. The number of amides is 1. The maximum atomic E-state index is 12.5. The third kappa shape index (κ3) is 4.08. The number of alkyl halides is 1. The zero-order chi connectivity index (χ0) is 14.4. The first kappa shape index (κ1) is 15.6. The minimum absolute atomic E-state index is 0.176. The van der Waals surface area contributed by atoms with Gasteiger partial charge in [-0.3, -0.25) is 4.79 Å². The predicted molar refractivity (Wildman–Crippen MR) is 88.4 cm³/mol. The van der Waals surface area contributed by atoms with E-state index in [4.69, 9.17) is 0 Å². The largest absolute Gasteiger partial charge is 0.326 e. The van der Waals surface area contributed by atoms with E-state index in [1.54, 1.807) is 0 Å². The molecule has 20 heavy (non-hydrogen) atoms. The van der Waals surface area contributed by atoms with Crippen LogP contribution in [0.2, 0.25) is 0 Å². The van der Waals surface area contributed by atoms with Gasteiger partial charge in [0.2, 0.25) is 5.91 Å². The molecule has 0 spiro atoms. The summed E-state index contributed by atoms with van der Waals surface area (Å²) in [6, 6.07) is 8.25. The Balaban J connectivity index is 2.00. The van der Waals surface area contributed by atoms with E-state index < -0.39 is 0 Å². The van der Waals surface area contributed by atoms with Gasteiger partial charge in [0, 0.05) is 16.4 Å². The molecule has 1 fully saturated rings. The van der Waals surface area contributed by atoms with Crippen molar-refractivity contribution in [2.45, 2.75) is 51.9 Å². The summed E-state index contributed by atoms with van der Waals surface area (Å²) in [4.78, 5) is 12.5. The molecule has 3 heteroatoms. The highest BCUT2D eigenvalue weighted by molar-refractivity contribution is 9.09. The molecular formula is C17H24BrNO. The molecule has 0 aliphatic heterocycles. The molecule has 2 nitrogen and oxygen atoms in total. The maximum Gasteiger partial charge on any atom is 0.230 e. The molecule has 1 aromatic rings. The van der Waals surface area contributed by atoms with Crippen molar-refractivity contribution in [1.29, 1.82) is 0 Å². The second-order valence-electron chi connectivity index (χ2n) is 6.07. The van der Waals surface area contributed by atoms with Gasteiger partial charge in [0.05, 0.1) is 0 Å². The smallest absolute Gasteiger partial charge is 0.230 e. The molecule has 0 atom stereocenters. The molecule has 1 aliphatic rings. The third-order valence-electron chi connectivity index (χ3n) is 4.29. The topological polar surface area (TPSA) is 29.1 Å². The summed E-state index contributed by atoms with van der Waals surface area (Å²) in [5, 5.41) is 4.13. The van der Waals surface area contributed by atoms with E-state index in [1.165, 1.54) is 24.8 Å². The number of hydrogen-bond acceptors (Lipinski definition) is 1. The van der Waals surface area contributed by atoms with Crippen molar-refractivity contribution < 1.29 is 4.79 Å². The first-order chi connectivity index (χ1) is 9.64. The van der Waals surface area contributed by atoms with Crippen LogP contribution in [0.4, 0.5) is 5.69 Å². The number of carbonyl (C=O) groups is 1. The average molecular weight is 338 g/mol. The van der Waals surface area contributed by atoms with Crippen LogP contribution in [0.3, 0.4) is 0 Å². The number of anilines is 1. The first-order valence-electron chi connectivity index (χ1n) is 7.60. The number of aryl methyl sites for hydroxylation is 1. The van der Waals surface area contributed by atoms with E-state index in [0.717, 1.165) is 36.7 Å². The summed E-state index contributed by atoms with van der Waals surface area (Å²) in [6.07, 6.45) is 7.82. The molecule has 0 radical (unpaired) electrons. The predicted octanol–water partition coefficient (Wildman–Crippen LogP) is 4.92. The quantitative estimate of drug-likeness (QED) is 0.759. The van der Waals surface area contributed by atoms with Gasteiger partial charge >= 0.3 is 0 Å². The van der Waals surface area contributed by atoms with Crippen molar-refractivity contribution >= 4 is 27.5 Å². The van der Waals surface area contributed by atoms with Crippen molar-refractivity contribution in [3.8, 4) is 0 Å². The Labute approximate surface area is 130 Å². The number of hydrogen-bond donors (Lipinski definition) is 1. The standard InChI is InChI=1S/C17H24BrNO/c1-17(10-3-2-4-11-17)16(20)19-15-9-5-7-14(13-15)8-6-12-18/h5,7,9,13H,2-4,6,8,10-12H2,1H3,(H,19,20). The van der Waals surface area contributed by atoms with E-state index in [1.807, 2.05) is 12.1 Å². The zero-order valence-electron chi connectivity index (χ0n) is 12.3. The molecule has 2 rings (SSSR count). The van der Waals surface area contributed by atoms with Crippen LogP contribution >= 0.6 is 15.9 Å². The van der Waals surface area contributed by atoms with Gasteiger partial charge in [-0.15, -0.1) is 0 Å². The summed E-state index contributed by atoms with van der Waals surface area (Å²) in [7, 11) is 0. The van der Waals surface area contributed by atoms with Gasteiger partial charge in [-0.05, 0) is 43.4 Å². The molecule has 0 heterocycles. The van der Waals surface area contributed by atoms with Gasteiger partial charge in [-0.1, -0.05) is 54.2 Å². The first-order valence-corrected chi connectivity index (χ1v) is 8.72. The fourth-order valence-corrected chi connectivity index (χ4v) is 3.20. The molecule has 0 unspecified atom stereocenters. The van der Waals surface area contributed by atoms with Crippen molar-refractivity contribution in [3.05, 3.63) is 29.8 Å². The number of benzene rings is 1. The van der Waals surface area contributed by atoms with E-state index in [-0.39, 0.29) is 11.3 Å². The highest BCUT2D eigenvalue weighted by Gasteiger charge is 2.34. The Bertz CT molecular complexity index is 452. The molecule has 0 bridgehead atoms. The average Bonchev–Trinajstić information content (AvgIpc) is 2.46. The van der Waals surface area contributed by atoms with E-state index in [2.05, 4.69) is 40.3 Å². The van der Waals surface area contributed by atoms with Crippen LogP contribution in [-0.4, -0.2) is 11.2 Å². The van der Waals surface area contributed by atoms with E-state index >= 15 is 0 Å². The van der Waals surface area contributed by atoms with Gasteiger partial charge in [0.15, 0.2) is 0 Å². The molecule has 0 saturated heterocycles. The van der Waals surface area contributed by atoms with Gasteiger partial charge in [0.1, 0.15) is 0 Å². The van der Waals surface area contributed by atoms with Crippen LogP contribution in [0.5, 0.6) is 0 Å². The molecular weight excluding hydrogens is 314 g/mol. The van der Waals surface area contributed by atoms with Crippen LogP contribution < -0.4 is 5.32 Å². The second-order valence-corrected chi connectivity index (χ2v) is 6.86. The van der Waals surface area contributed by atoms with Gasteiger partial charge < -0.3 is 5.32 Å². The van der Waals surface area contributed by atoms with Crippen molar-refractivity contribution in [2.24, 2.45) is 5.41 Å². The van der Waals surface area contributed by atoms with Crippen molar-refractivity contribution in [1.82, 2.24) is 0 Å². The fourth-order valence-electron chi connectivity index (χ4n) is 2.92. The number of nitrogens with one attached hydrogen (secondary N) is 1. The van der Waals surface area contributed by atoms with Crippen LogP contribution in [-0.2, 0) is 11.2 Å². The lowest BCUT2D eigenvalue weighted by Crippen LogP contribution is -2.35. The maximum absolute atomic E-state index is 12.5. The van der Waals surface area contributed by atoms with E-state index in [0.29, 0.717) is 0 Å². The molecule has 110 valence electrons. The molecule has 1 aromatic carbocycles. The van der Waals surface area contributed by atoms with Gasteiger partial charge in [-0.25, -0.2) is 0 Å². The lowest BCUT2D eigenvalue weighted by atomic mass is 9.75. The van der Waals surface area contributed by atoms with Crippen molar-refractivity contribution in [2.75, 3.05) is 10.6 Å². The highest BCUT2D eigenvalue weighted by Crippen LogP contribution is 2.36. The number of rotatable bonds is 5. The lowest BCUT2D eigenvalue weighted by molar-refractivity contribution is -0.126. The minimum Gasteiger partial charge on any atom is -0.326 e. The Morgan fingerprint density at radius 2 is 2.05 bits per heavy atom. The monoisotopic (exact) mass is 337 g/mol. The van der Waals surface area contributed by atoms with Crippen LogP contribution in [0.1, 0.15) is 51.0 Å². The van der Waals surface area contributed by atoms with Gasteiger partial charge in [-0.2, -0.15) is 0 Å². The summed E-state index contributed by atoms with van der Waals surface area (Å²) < 4.78 is 0. The molecule has 0 aromatic heterocycles. The van der Waals surface area contributed by atoms with Gasteiger partial charge in [0.25, 0.3) is 0 Å². The SMILES string of the molecule is CC1(C(=O)Nc2cccc(CCCBr)c2)CCCCC1. The van der Waals surface area contributed by atoms with Crippen LogP contribution in [0.15, 0.2) is 24.3 Å². The summed E-state index contributed by atoms with van der Waals surface area (Å²) in [5.74, 6) is 0.190. The third-order valence-corrected chi connectivity index (χ3v) is 4.85. The van der Waals surface area contributed by atoms with Crippen LogP contribution in [0.25, 0.3) is 0 Å². The summed E-state index contributed by atoms with van der Waals surface area (Å²) in [5.41, 5.74) is 2.05.